The van der Waals surface area contributed by atoms with Gasteiger partial charge < -0.3 is 0 Å². The summed E-state index contributed by atoms with van der Waals surface area (Å²) in [6.07, 6.45) is 1.02. The van der Waals surface area contributed by atoms with Crippen LogP contribution in [0.2, 0.25) is 15.1 Å². The number of hydrogen-bond acceptors (Lipinski definition) is 3. The fraction of sp³-hybridized carbons (Fsp3) is 0.333. The van der Waals surface area contributed by atoms with Crippen molar-refractivity contribution >= 4 is 44.9 Å². The van der Waals surface area contributed by atoms with Gasteiger partial charge >= 0.3 is 0 Å². The lowest BCUT2D eigenvalue weighted by atomic mass is 10.4. The highest BCUT2D eigenvalue weighted by Crippen LogP contribution is 2.28. The molecule has 0 heterocycles. The molecular weight excluding hydrogens is 295 g/mol. The van der Waals surface area contributed by atoms with Crippen LogP contribution in [0.25, 0.3) is 0 Å². The van der Waals surface area contributed by atoms with Crippen LogP contribution in [-0.2, 0) is 14.3 Å². The molecular formula is C9H11Cl3O3S. The Morgan fingerprint density at radius 1 is 1.19 bits per heavy atom. The quantitative estimate of drug-likeness (QED) is 0.619. The molecule has 3 nitrogen and oxygen atoms in total. The first-order valence-corrected chi connectivity index (χ1v) is 7.17. The van der Waals surface area contributed by atoms with Gasteiger partial charge in [-0.2, -0.15) is 8.42 Å². The average molecular weight is 306 g/mol. The van der Waals surface area contributed by atoms with Gasteiger partial charge in [-0.25, -0.2) is 0 Å². The van der Waals surface area contributed by atoms with Gasteiger partial charge in [-0.05, 0) is 19.1 Å². The lowest BCUT2D eigenvalue weighted by Gasteiger charge is -1.94. The highest BCUT2D eigenvalue weighted by Gasteiger charge is 1.98. The van der Waals surface area contributed by atoms with E-state index in [1.165, 1.54) is 0 Å². The molecule has 0 fully saturated rings. The summed E-state index contributed by atoms with van der Waals surface area (Å²) in [4.78, 5) is 0. The first-order chi connectivity index (χ1) is 7.28. The molecule has 0 saturated heterocycles. The maximum atomic E-state index is 10.0. The molecule has 16 heavy (non-hydrogen) atoms. The van der Waals surface area contributed by atoms with Crippen molar-refractivity contribution in [2.45, 2.75) is 6.92 Å². The van der Waals surface area contributed by atoms with Crippen LogP contribution in [0.15, 0.2) is 18.2 Å². The summed E-state index contributed by atoms with van der Waals surface area (Å²) in [6.45, 7) is 1.85. The summed E-state index contributed by atoms with van der Waals surface area (Å²) < 4.78 is 24.2. The van der Waals surface area contributed by atoms with Crippen LogP contribution in [0, 0.1) is 0 Å². The SMILES string of the molecule is CCOS(C)(=O)=O.Clc1cccc(Cl)c1Cl. The predicted molar refractivity (Wildman–Crippen MR) is 67.9 cm³/mol. The molecule has 0 atom stereocenters. The molecule has 1 aromatic rings. The Balaban J connectivity index is 0.000000293. The fourth-order valence-electron chi connectivity index (χ4n) is 0.692. The van der Waals surface area contributed by atoms with Crippen molar-refractivity contribution < 1.29 is 12.6 Å². The molecule has 0 amide bonds. The maximum absolute atomic E-state index is 10.0. The highest BCUT2D eigenvalue weighted by molar-refractivity contribution is 7.85. The third-order valence-corrected chi connectivity index (χ3v) is 3.13. The summed E-state index contributed by atoms with van der Waals surface area (Å²) in [7, 11) is -3.17. The molecule has 0 radical (unpaired) electrons. The third-order valence-electron chi connectivity index (χ3n) is 1.24. The molecule has 0 spiro atoms. The monoisotopic (exact) mass is 304 g/mol. The molecule has 0 aliphatic carbocycles. The van der Waals surface area contributed by atoms with Gasteiger partial charge in [-0.15, -0.1) is 0 Å². The van der Waals surface area contributed by atoms with Gasteiger partial charge in [0.2, 0.25) is 0 Å². The van der Waals surface area contributed by atoms with E-state index in [4.69, 9.17) is 34.8 Å². The first-order valence-electron chi connectivity index (χ1n) is 4.21. The second-order valence-corrected chi connectivity index (χ2v) is 5.48. The van der Waals surface area contributed by atoms with Gasteiger partial charge in [0.1, 0.15) is 0 Å². The van der Waals surface area contributed by atoms with Gasteiger partial charge in [-0.1, -0.05) is 40.9 Å². The molecule has 0 aromatic heterocycles. The Morgan fingerprint density at radius 3 is 1.81 bits per heavy atom. The molecule has 0 aliphatic heterocycles. The Kier molecular flexibility index (Phi) is 7.35. The van der Waals surface area contributed by atoms with Gasteiger partial charge in [0, 0.05) is 0 Å². The largest absolute Gasteiger partial charge is 0.271 e. The van der Waals surface area contributed by atoms with E-state index in [-0.39, 0.29) is 6.61 Å². The lowest BCUT2D eigenvalue weighted by molar-refractivity contribution is 0.342. The van der Waals surface area contributed by atoms with Gasteiger partial charge in [-0.3, -0.25) is 4.18 Å². The van der Waals surface area contributed by atoms with Crippen LogP contribution in [-0.4, -0.2) is 21.3 Å². The van der Waals surface area contributed by atoms with Crippen molar-refractivity contribution in [3.63, 3.8) is 0 Å². The smallest absolute Gasteiger partial charge is 0.264 e. The van der Waals surface area contributed by atoms with Gasteiger partial charge in [0.25, 0.3) is 10.1 Å². The van der Waals surface area contributed by atoms with E-state index in [9.17, 15) is 8.42 Å². The van der Waals surface area contributed by atoms with Crippen molar-refractivity contribution in [1.82, 2.24) is 0 Å². The van der Waals surface area contributed by atoms with E-state index >= 15 is 0 Å². The van der Waals surface area contributed by atoms with Crippen LogP contribution in [0.5, 0.6) is 0 Å². The first kappa shape index (κ1) is 16.0. The Bertz CT molecular complexity index is 411. The molecule has 1 rings (SSSR count). The Labute approximate surface area is 110 Å². The van der Waals surface area contributed by atoms with Crippen molar-refractivity contribution in [2.75, 3.05) is 12.9 Å². The summed E-state index contributed by atoms with van der Waals surface area (Å²) in [5.41, 5.74) is 0. The van der Waals surface area contributed by atoms with E-state index < -0.39 is 10.1 Å². The van der Waals surface area contributed by atoms with Gasteiger partial charge in [0.15, 0.2) is 0 Å². The summed E-state index contributed by atoms with van der Waals surface area (Å²) in [5, 5.41) is 1.40. The van der Waals surface area contributed by atoms with Crippen molar-refractivity contribution in [3.05, 3.63) is 33.3 Å². The predicted octanol–water partition coefficient (Wildman–Crippen LogP) is 3.63. The number of halogens is 3. The minimum absolute atomic E-state index is 0.221. The summed E-state index contributed by atoms with van der Waals surface area (Å²) in [6, 6.07) is 5.13. The second-order valence-electron chi connectivity index (χ2n) is 2.65. The minimum atomic E-state index is -3.17. The molecule has 0 N–H and O–H groups in total. The third kappa shape index (κ3) is 7.30. The highest BCUT2D eigenvalue weighted by atomic mass is 35.5. The van der Waals surface area contributed by atoms with E-state index in [2.05, 4.69) is 4.18 Å². The molecule has 1 aromatic carbocycles. The fourth-order valence-corrected chi connectivity index (χ4v) is 1.64. The van der Waals surface area contributed by atoms with Crippen molar-refractivity contribution in [2.24, 2.45) is 0 Å². The standard InChI is InChI=1S/C6H3Cl3.C3H8O3S/c7-4-2-1-3-5(8)6(4)9;1-3-6-7(2,4)5/h1-3H;3H2,1-2H3. The molecule has 7 heteroatoms. The second kappa shape index (κ2) is 7.35. The number of hydrogen-bond donors (Lipinski definition) is 0. The summed E-state index contributed by atoms with van der Waals surface area (Å²) >= 11 is 16.8. The van der Waals surface area contributed by atoms with Crippen molar-refractivity contribution in [1.29, 1.82) is 0 Å². The molecule has 0 unspecified atom stereocenters. The minimum Gasteiger partial charge on any atom is -0.271 e. The number of rotatable bonds is 2. The topological polar surface area (TPSA) is 43.4 Å². The summed E-state index contributed by atoms with van der Waals surface area (Å²) in [5.74, 6) is 0. The number of benzene rings is 1. The van der Waals surface area contributed by atoms with Crippen molar-refractivity contribution in [3.8, 4) is 0 Å². The molecule has 0 aliphatic rings. The van der Waals surface area contributed by atoms with Crippen LogP contribution in [0.1, 0.15) is 6.92 Å². The van der Waals surface area contributed by atoms with Crippen LogP contribution in [0.3, 0.4) is 0 Å². The molecule has 0 saturated carbocycles. The van der Waals surface area contributed by atoms with E-state index in [0.29, 0.717) is 15.1 Å². The van der Waals surface area contributed by atoms with Crippen LogP contribution >= 0.6 is 34.8 Å². The zero-order chi connectivity index (χ0) is 12.8. The van der Waals surface area contributed by atoms with Crippen LogP contribution < -0.4 is 0 Å². The van der Waals surface area contributed by atoms with E-state index in [1.807, 2.05) is 0 Å². The maximum Gasteiger partial charge on any atom is 0.264 e. The van der Waals surface area contributed by atoms with E-state index in [0.717, 1.165) is 6.26 Å². The Hall–Kier alpha value is -0.000000000000000111. The van der Waals surface area contributed by atoms with E-state index in [1.54, 1.807) is 25.1 Å². The lowest BCUT2D eigenvalue weighted by Crippen LogP contribution is -2.00. The zero-order valence-corrected chi connectivity index (χ0v) is 11.8. The molecule has 92 valence electrons. The average Bonchev–Trinajstić information content (AvgIpc) is 2.13. The molecule has 0 bridgehead atoms. The van der Waals surface area contributed by atoms with Gasteiger partial charge in [0.05, 0.1) is 27.9 Å². The Morgan fingerprint density at radius 2 is 1.62 bits per heavy atom. The van der Waals surface area contributed by atoms with Crippen LogP contribution in [0.4, 0.5) is 0 Å². The zero-order valence-electron chi connectivity index (χ0n) is 8.71. The normalized spacial score (nSPS) is 10.6.